The standard InChI is InChI=1S/C12H20N2OS/c1-15-6-7-16-9-12(8-13,10-2-3-10)14-11-4-5-11/h10-11,14H,2-7,9H2,1H3. The minimum Gasteiger partial charge on any atom is -0.384 e. The highest BCUT2D eigenvalue weighted by molar-refractivity contribution is 7.99. The first-order valence-corrected chi connectivity index (χ1v) is 7.22. The summed E-state index contributed by atoms with van der Waals surface area (Å²) in [7, 11) is 1.72. The van der Waals surface area contributed by atoms with E-state index >= 15 is 0 Å². The molecule has 0 bridgehead atoms. The van der Waals surface area contributed by atoms with E-state index in [0.29, 0.717) is 12.0 Å². The first kappa shape index (κ1) is 12.2. The fourth-order valence-corrected chi connectivity index (χ4v) is 3.11. The number of rotatable bonds is 8. The molecule has 2 saturated carbocycles. The molecule has 0 radical (unpaired) electrons. The number of thioether (sulfide) groups is 1. The second kappa shape index (κ2) is 5.39. The highest BCUT2D eigenvalue weighted by Crippen LogP contribution is 2.42. The third kappa shape index (κ3) is 3.13. The van der Waals surface area contributed by atoms with Crippen molar-refractivity contribution in [2.45, 2.75) is 37.3 Å². The molecular formula is C12H20N2OS. The molecule has 0 saturated heterocycles. The van der Waals surface area contributed by atoms with Gasteiger partial charge in [0.05, 0.1) is 12.7 Å². The van der Waals surface area contributed by atoms with Crippen LogP contribution in [0.1, 0.15) is 25.7 Å². The lowest BCUT2D eigenvalue weighted by molar-refractivity contribution is 0.218. The Hall–Kier alpha value is -0.240. The predicted octanol–water partition coefficient (Wildman–Crippen LogP) is 1.79. The second-order valence-electron chi connectivity index (χ2n) is 4.82. The van der Waals surface area contributed by atoms with Crippen LogP contribution in [0.2, 0.25) is 0 Å². The Labute approximate surface area is 102 Å². The summed E-state index contributed by atoms with van der Waals surface area (Å²) in [6, 6.07) is 3.17. The Morgan fingerprint density at radius 2 is 2.19 bits per heavy atom. The van der Waals surface area contributed by atoms with Crippen molar-refractivity contribution in [1.29, 1.82) is 5.26 Å². The molecule has 0 amide bonds. The Morgan fingerprint density at radius 3 is 2.69 bits per heavy atom. The van der Waals surface area contributed by atoms with Crippen molar-refractivity contribution in [3.05, 3.63) is 0 Å². The smallest absolute Gasteiger partial charge is 0.118 e. The topological polar surface area (TPSA) is 45.0 Å². The van der Waals surface area contributed by atoms with Gasteiger partial charge < -0.3 is 4.74 Å². The average Bonchev–Trinajstić information content (AvgIpc) is 3.15. The Morgan fingerprint density at radius 1 is 1.44 bits per heavy atom. The van der Waals surface area contributed by atoms with Gasteiger partial charge in [-0.15, -0.1) is 0 Å². The van der Waals surface area contributed by atoms with Crippen LogP contribution in [0.4, 0.5) is 0 Å². The van der Waals surface area contributed by atoms with Crippen molar-refractivity contribution in [2.24, 2.45) is 5.92 Å². The zero-order valence-electron chi connectivity index (χ0n) is 9.87. The molecular weight excluding hydrogens is 220 g/mol. The highest BCUT2D eigenvalue weighted by Gasteiger charge is 2.47. The highest BCUT2D eigenvalue weighted by atomic mass is 32.2. The maximum atomic E-state index is 9.46. The molecule has 1 N–H and O–H groups in total. The first-order chi connectivity index (χ1) is 7.80. The summed E-state index contributed by atoms with van der Waals surface area (Å²) in [5.74, 6) is 2.49. The molecule has 0 aromatic heterocycles. The van der Waals surface area contributed by atoms with Crippen molar-refractivity contribution >= 4 is 11.8 Å². The van der Waals surface area contributed by atoms with Crippen LogP contribution in [0.3, 0.4) is 0 Å². The molecule has 0 aromatic carbocycles. The largest absolute Gasteiger partial charge is 0.384 e. The lowest BCUT2D eigenvalue weighted by atomic mass is 9.97. The van der Waals surface area contributed by atoms with Gasteiger partial charge >= 0.3 is 0 Å². The van der Waals surface area contributed by atoms with Crippen LogP contribution in [-0.2, 0) is 4.74 Å². The van der Waals surface area contributed by atoms with Crippen LogP contribution in [-0.4, -0.2) is 36.8 Å². The third-order valence-electron chi connectivity index (χ3n) is 3.27. The zero-order chi connectivity index (χ0) is 11.4. The van der Waals surface area contributed by atoms with E-state index in [1.165, 1.54) is 25.7 Å². The normalized spacial score (nSPS) is 23.8. The average molecular weight is 240 g/mol. The molecule has 2 fully saturated rings. The molecule has 1 atom stereocenters. The number of methoxy groups -OCH3 is 1. The van der Waals surface area contributed by atoms with E-state index in [9.17, 15) is 5.26 Å². The number of nitriles is 1. The zero-order valence-corrected chi connectivity index (χ0v) is 10.7. The summed E-state index contributed by atoms with van der Waals surface area (Å²) < 4.78 is 5.04. The van der Waals surface area contributed by atoms with E-state index in [1.807, 2.05) is 11.8 Å². The van der Waals surface area contributed by atoms with E-state index in [2.05, 4.69) is 11.4 Å². The fraction of sp³-hybridized carbons (Fsp3) is 0.917. The maximum absolute atomic E-state index is 9.46. The molecule has 16 heavy (non-hydrogen) atoms. The maximum Gasteiger partial charge on any atom is 0.118 e. The van der Waals surface area contributed by atoms with Gasteiger partial charge in [0.15, 0.2) is 0 Å². The molecule has 90 valence electrons. The number of ether oxygens (including phenoxy) is 1. The van der Waals surface area contributed by atoms with Crippen LogP contribution in [0, 0.1) is 17.2 Å². The number of hydrogen-bond donors (Lipinski definition) is 1. The van der Waals surface area contributed by atoms with Gasteiger partial charge in [-0.2, -0.15) is 17.0 Å². The molecule has 0 aromatic rings. The van der Waals surface area contributed by atoms with Crippen molar-refractivity contribution in [1.82, 2.24) is 5.32 Å². The van der Waals surface area contributed by atoms with Gasteiger partial charge in [-0.3, -0.25) is 5.32 Å². The Balaban J connectivity index is 1.83. The van der Waals surface area contributed by atoms with Gasteiger partial charge in [-0.1, -0.05) is 0 Å². The second-order valence-corrected chi connectivity index (χ2v) is 5.93. The van der Waals surface area contributed by atoms with Crippen LogP contribution in [0.15, 0.2) is 0 Å². The summed E-state index contributed by atoms with van der Waals surface area (Å²) in [5.41, 5.74) is -0.250. The number of nitrogens with one attached hydrogen (secondary N) is 1. The van der Waals surface area contributed by atoms with E-state index in [1.54, 1.807) is 7.11 Å². The van der Waals surface area contributed by atoms with Crippen LogP contribution in [0.25, 0.3) is 0 Å². The molecule has 0 heterocycles. The lowest BCUT2D eigenvalue weighted by Gasteiger charge is -2.27. The molecule has 2 aliphatic rings. The van der Waals surface area contributed by atoms with E-state index in [4.69, 9.17) is 4.74 Å². The van der Waals surface area contributed by atoms with Crippen LogP contribution >= 0.6 is 11.8 Å². The molecule has 1 unspecified atom stereocenters. The molecule has 2 rings (SSSR count). The van der Waals surface area contributed by atoms with Crippen molar-refractivity contribution in [3.8, 4) is 6.07 Å². The summed E-state index contributed by atoms with van der Waals surface area (Å²) in [4.78, 5) is 0. The van der Waals surface area contributed by atoms with Crippen LogP contribution in [0.5, 0.6) is 0 Å². The quantitative estimate of drug-likeness (QED) is 0.657. The minimum atomic E-state index is -0.250. The van der Waals surface area contributed by atoms with E-state index in [0.717, 1.165) is 18.1 Å². The molecule has 3 nitrogen and oxygen atoms in total. The van der Waals surface area contributed by atoms with Crippen molar-refractivity contribution < 1.29 is 4.74 Å². The molecule has 0 aliphatic heterocycles. The molecule has 0 spiro atoms. The van der Waals surface area contributed by atoms with Gasteiger partial charge in [0.25, 0.3) is 0 Å². The summed E-state index contributed by atoms with van der Waals surface area (Å²) in [6.45, 7) is 0.778. The van der Waals surface area contributed by atoms with Gasteiger partial charge in [0, 0.05) is 24.7 Å². The predicted molar refractivity (Wildman–Crippen MR) is 66.4 cm³/mol. The van der Waals surface area contributed by atoms with Gasteiger partial charge in [0.1, 0.15) is 5.54 Å². The van der Waals surface area contributed by atoms with Crippen molar-refractivity contribution in [3.63, 3.8) is 0 Å². The third-order valence-corrected chi connectivity index (χ3v) is 4.39. The number of hydrogen-bond acceptors (Lipinski definition) is 4. The van der Waals surface area contributed by atoms with Crippen LogP contribution < -0.4 is 5.32 Å². The minimum absolute atomic E-state index is 0.250. The lowest BCUT2D eigenvalue weighted by Crippen LogP contribution is -2.49. The van der Waals surface area contributed by atoms with Gasteiger partial charge in [-0.25, -0.2) is 0 Å². The Bertz CT molecular complexity index is 271. The van der Waals surface area contributed by atoms with Crippen molar-refractivity contribution in [2.75, 3.05) is 25.2 Å². The monoisotopic (exact) mass is 240 g/mol. The SMILES string of the molecule is COCCSCC(C#N)(NC1CC1)C1CC1. The van der Waals surface area contributed by atoms with E-state index < -0.39 is 0 Å². The van der Waals surface area contributed by atoms with Gasteiger partial charge in [0.2, 0.25) is 0 Å². The summed E-state index contributed by atoms with van der Waals surface area (Å²) >= 11 is 1.84. The van der Waals surface area contributed by atoms with Gasteiger partial charge in [-0.05, 0) is 31.6 Å². The summed E-state index contributed by atoms with van der Waals surface area (Å²) in [6.07, 6.45) is 4.94. The molecule has 2 aliphatic carbocycles. The summed E-state index contributed by atoms with van der Waals surface area (Å²) in [5, 5.41) is 13.0. The first-order valence-electron chi connectivity index (χ1n) is 6.06. The number of nitrogens with zero attached hydrogens (tertiary/aromatic N) is 1. The fourth-order valence-electron chi connectivity index (χ4n) is 1.98. The molecule has 4 heteroatoms. The van der Waals surface area contributed by atoms with E-state index in [-0.39, 0.29) is 5.54 Å². The Kier molecular flexibility index (Phi) is 4.12.